The molecule has 6 heterocycles. The van der Waals surface area contributed by atoms with Gasteiger partial charge in [-0.15, -0.1) is 0 Å². The van der Waals surface area contributed by atoms with E-state index in [4.69, 9.17) is 0 Å². The van der Waals surface area contributed by atoms with Crippen molar-refractivity contribution in [3.8, 4) is 0 Å². The van der Waals surface area contributed by atoms with Gasteiger partial charge in [0.2, 0.25) is 0 Å². The van der Waals surface area contributed by atoms with Crippen LogP contribution in [0.1, 0.15) is 209 Å². The van der Waals surface area contributed by atoms with Gasteiger partial charge >= 0.3 is 0 Å². The smallest absolute Gasteiger partial charge is 0.261 e. The van der Waals surface area contributed by atoms with Crippen LogP contribution in [0.25, 0.3) is 86.2 Å². The van der Waals surface area contributed by atoms with E-state index in [-0.39, 0.29) is 71.4 Å². The Labute approximate surface area is 548 Å². The van der Waals surface area contributed by atoms with Gasteiger partial charge < -0.3 is 15.5 Å². The summed E-state index contributed by atoms with van der Waals surface area (Å²) in [6.45, 7) is 21.7. The van der Waals surface area contributed by atoms with Crippen molar-refractivity contribution in [2.24, 2.45) is 0 Å². The summed E-state index contributed by atoms with van der Waals surface area (Å²) in [7, 11) is 0. The Kier molecular flexibility index (Phi) is 16.1. The Morgan fingerprint density at radius 1 is 0.312 bits per heavy atom. The number of benzene rings is 10. The second kappa shape index (κ2) is 24.2. The van der Waals surface area contributed by atoms with Crippen LogP contribution in [0.15, 0.2) is 89.4 Å². The number of anilines is 1. The molecule has 6 aliphatic rings. The first-order valence-corrected chi connectivity index (χ1v) is 34.7. The SMILES string of the molecule is C1CCNCC1.CCC(CC)N1C(=O)c2ccc3c4ccc5c6c(cc(Br)c(c7ccc(c2c37)C1=O)c64)C(=O)N(C(CC)CC)C5=O.CCC(CC)N1C(=O)c2ccc3c4ccc5c6c(cc(N7CCNCC7)c(c7ccc(c2c37)C1=O)c64)C(=O)N(C(CC)CC)C5=O. The predicted octanol–water partition coefficient (Wildman–Crippen LogP) is 15.5. The maximum absolute atomic E-state index is 14.3. The first kappa shape index (κ1) is 62.0. The van der Waals surface area contributed by atoms with Gasteiger partial charge in [0.25, 0.3) is 47.3 Å². The Morgan fingerprint density at radius 3 is 0.914 bits per heavy atom. The zero-order chi connectivity index (χ0) is 65.2. The first-order chi connectivity index (χ1) is 45.1. The molecule has 10 aromatic carbocycles. The van der Waals surface area contributed by atoms with Crippen molar-refractivity contribution in [3.63, 3.8) is 0 Å². The number of fused-ring (bicyclic) bond motifs is 4. The molecular formula is C77H78BrN7O8. The number of carbonyl (C=O) groups excluding carboxylic acids is 8. The van der Waals surface area contributed by atoms with Crippen molar-refractivity contribution in [3.05, 3.63) is 134 Å². The fourth-order valence-corrected chi connectivity index (χ4v) is 17.3. The summed E-state index contributed by atoms with van der Waals surface area (Å²) in [5, 5.41) is 20.2. The fourth-order valence-electron chi connectivity index (χ4n) is 16.6. The Bertz CT molecular complexity index is 4800. The molecule has 0 bridgehead atoms. The van der Waals surface area contributed by atoms with Crippen molar-refractivity contribution in [2.75, 3.05) is 44.2 Å². The summed E-state index contributed by atoms with van der Waals surface area (Å²) in [4.78, 5) is 120. The summed E-state index contributed by atoms with van der Waals surface area (Å²) in [6.07, 6.45) is 9.77. The van der Waals surface area contributed by atoms with Crippen LogP contribution in [0.4, 0.5) is 5.69 Å². The molecule has 0 saturated carbocycles. The number of carbonyl (C=O) groups is 8. The van der Waals surface area contributed by atoms with E-state index >= 15 is 0 Å². The molecule has 10 aromatic rings. The molecule has 0 aliphatic carbocycles. The van der Waals surface area contributed by atoms with Crippen LogP contribution >= 0.6 is 15.9 Å². The van der Waals surface area contributed by atoms with Gasteiger partial charge in [-0.05, 0) is 169 Å². The lowest BCUT2D eigenvalue weighted by Gasteiger charge is -2.36. The summed E-state index contributed by atoms with van der Waals surface area (Å²) >= 11 is 3.78. The number of amides is 8. The lowest BCUT2D eigenvalue weighted by Crippen LogP contribution is -2.47. The van der Waals surface area contributed by atoms with Gasteiger partial charge in [-0.1, -0.05) is 114 Å². The molecule has 2 saturated heterocycles. The second-order valence-corrected chi connectivity index (χ2v) is 26.8. The minimum Gasteiger partial charge on any atom is -0.368 e. The van der Waals surface area contributed by atoms with Crippen molar-refractivity contribution in [1.29, 1.82) is 0 Å². The average Bonchev–Trinajstić information content (AvgIpc) is 0.692. The van der Waals surface area contributed by atoms with Gasteiger partial charge in [0, 0.05) is 143 Å². The summed E-state index contributed by atoms with van der Waals surface area (Å²) in [6, 6.07) is 26.1. The third-order valence-electron chi connectivity index (χ3n) is 21.4. The maximum Gasteiger partial charge on any atom is 0.261 e. The van der Waals surface area contributed by atoms with E-state index in [9.17, 15) is 38.4 Å². The van der Waals surface area contributed by atoms with Crippen molar-refractivity contribution >= 4 is 155 Å². The number of hydrogen-bond donors (Lipinski definition) is 2. The van der Waals surface area contributed by atoms with E-state index in [0.29, 0.717) is 117 Å². The number of piperidine rings is 1. The molecule has 476 valence electrons. The van der Waals surface area contributed by atoms with Gasteiger partial charge in [0.15, 0.2) is 0 Å². The second-order valence-electron chi connectivity index (χ2n) is 25.9. The molecule has 93 heavy (non-hydrogen) atoms. The van der Waals surface area contributed by atoms with Gasteiger partial charge in [0.1, 0.15) is 0 Å². The van der Waals surface area contributed by atoms with Gasteiger partial charge in [0.05, 0.1) is 5.56 Å². The van der Waals surface area contributed by atoms with Crippen LogP contribution in [0, 0.1) is 0 Å². The lowest BCUT2D eigenvalue weighted by molar-refractivity contribution is 0.0514. The molecule has 0 radical (unpaired) electrons. The number of halogens is 1. The number of nitrogens with one attached hydrogen (secondary N) is 2. The average molecular weight is 1310 g/mol. The highest BCUT2D eigenvalue weighted by Crippen LogP contribution is 2.52. The Morgan fingerprint density at radius 2 is 0.591 bits per heavy atom. The fraction of sp³-hybridized carbons (Fsp3) is 0.377. The molecule has 0 spiro atoms. The molecule has 2 N–H and O–H groups in total. The van der Waals surface area contributed by atoms with E-state index in [2.05, 4.69) is 31.5 Å². The van der Waals surface area contributed by atoms with Crippen molar-refractivity contribution < 1.29 is 38.4 Å². The van der Waals surface area contributed by atoms with Crippen LogP contribution in [0.2, 0.25) is 0 Å². The highest BCUT2D eigenvalue weighted by molar-refractivity contribution is 9.10. The highest BCUT2D eigenvalue weighted by atomic mass is 79.9. The molecule has 6 aliphatic heterocycles. The molecule has 16 heteroatoms. The zero-order valence-electron chi connectivity index (χ0n) is 54.3. The molecule has 15 nitrogen and oxygen atoms in total. The number of imide groups is 4. The summed E-state index contributed by atoms with van der Waals surface area (Å²) < 4.78 is 0.740. The standard InChI is InChI=1S/C38H38N4O4.C34H29BrN2O4.C5H11N/c1-5-20(6-2)41-35(43)25-12-9-22-23-10-13-27-32-28(38(46)42(37(27)45)21(7-3)8-4)19-29(40-17-15-39-16-18-40)33(34(23)32)24-11-14-26(36(41)44)31(25)30(22)24;1-5-16(6-2)36-31(38)21-12-9-18-19-10-13-23-28-24(34(41)37(33(23)40)17(7-3)8-4)15-25(35)29(30(19)28)20-11-14-22(32(36)39)27(21)26(18)20;1-2-4-6-5-3-1/h9-14,19-21,39H,5-8,15-18H2,1-4H3;9-17H,5-8H2,1-4H3;6H,1-5H2. The van der Waals surface area contributed by atoms with Gasteiger partial charge in [-0.2, -0.15) is 0 Å². The van der Waals surface area contributed by atoms with Gasteiger partial charge in [-0.3, -0.25) is 58.0 Å². The summed E-state index contributed by atoms with van der Waals surface area (Å²) in [5.41, 5.74) is 5.26. The van der Waals surface area contributed by atoms with E-state index in [0.717, 1.165) is 101 Å². The Balaban J connectivity index is 0.000000148. The number of piperazine rings is 1. The van der Waals surface area contributed by atoms with E-state index in [1.165, 1.54) is 52.0 Å². The van der Waals surface area contributed by atoms with Crippen LogP contribution < -0.4 is 15.5 Å². The third kappa shape index (κ3) is 9.07. The minimum atomic E-state index is -0.269. The van der Waals surface area contributed by atoms with Crippen LogP contribution in [-0.2, 0) is 0 Å². The van der Waals surface area contributed by atoms with Crippen LogP contribution in [0.5, 0.6) is 0 Å². The molecule has 16 rings (SSSR count). The maximum atomic E-state index is 14.3. The van der Waals surface area contributed by atoms with E-state index in [1.807, 2.05) is 140 Å². The van der Waals surface area contributed by atoms with E-state index < -0.39 is 0 Å². The first-order valence-electron chi connectivity index (χ1n) is 34.0. The monoisotopic (exact) mass is 1310 g/mol. The molecule has 0 atom stereocenters. The topological polar surface area (TPSA) is 177 Å². The number of hydrogen-bond acceptors (Lipinski definition) is 11. The Hall–Kier alpha value is -8.44. The minimum absolute atomic E-state index is 0.161. The number of rotatable bonds is 13. The lowest BCUT2D eigenvalue weighted by atomic mass is 9.81. The quantitative estimate of drug-likeness (QED) is 0.0638. The van der Waals surface area contributed by atoms with Gasteiger partial charge in [-0.25, -0.2) is 0 Å². The number of nitrogens with zero attached hydrogens (tertiary/aromatic N) is 5. The normalized spacial score (nSPS) is 16.8. The zero-order valence-corrected chi connectivity index (χ0v) is 55.9. The molecule has 0 aromatic heterocycles. The molecule has 2 fully saturated rings. The van der Waals surface area contributed by atoms with E-state index in [1.54, 1.807) is 0 Å². The molecule has 0 unspecified atom stereocenters. The molecule has 8 amide bonds. The van der Waals surface area contributed by atoms with Crippen LogP contribution in [-0.4, -0.2) is 130 Å². The summed E-state index contributed by atoms with van der Waals surface area (Å²) in [5.74, 6) is -2.01. The largest absolute Gasteiger partial charge is 0.368 e. The highest BCUT2D eigenvalue weighted by Gasteiger charge is 2.43. The van der Waals surface area contributed by atoms with Crippen LogP contribution in [0.3, 0.4) is 0 Å². The van der Waals surface area contributed by atoms with Crippen molar-refractivity contribution in [2.45, 2.75) is 150 Å². The third-order valence-corrected chi connectivity index (χ3v) is 22.1. The molecular weight excluding hydrogens is 1230 g/mol. The predicted molar refractivity (Wildman–Crippen MR) is 374 cm³/mol. The van der Waals surface area contributed by atoms with Crippen molar-refractivity contribution in [1.82, 2.24) is 30.2 Å².